The minimum Gasteiger partial charge on any atom is -0.370 e. The summed E-state index contributed by atoms with van der Waals surface area (Å²) in [7, 11) is 0. The summed E-state index contributed by atoms with van der Waals surface area (Å²) < 4.78 is 18.7. The average molecular weight is 323 g/mol. The van der Waals surface area contributed by atoms with Crippen molar-refractivity contribution in [3.63, 3.8) is 0 Å². The van der Waals surface area contributed by atoms with Crippen molar-refractivity contribution in [2.24, 2.45) is 5.73 Å². The minimum absolute atomic E-state index is 0. The fourth-order valence-electron chi connectivity index (χ4n) is 2.05. The van der Waals surface area contributed by atoms with E-state index in [0.717, 1.165) is 5.56 Å². The highest BCUT2D eigenvalue weighted by atomic mass is 35.5. The van der Waals surface area contributed by atoms with Crippen LogP contribution in [0.3, 0.4) is 0 Å². The maximum Gasteiger partial charge on any atom is 0.239 e. The Morgan fingerprint density at radius 2 is 2.30 bits per heavy atom. The number of nitrogens with two attached hydrogens (primary N) is 1. The number of halogens is 3. The van der Waals surface area contributed by atoms with Gasteiger partial charge in [-0.05, 0) is 24.6 Å². The van der Waals surface area contributed by atoms with Gasteiger partial charge in [0.2, 0.25) is 5.91 Å². The molecule has 1 aromatic carbocycles. The van der Waals surface area contributed by atoms with Gasteiger partial charge in [-0.2, -0.15) is 0 Å². The number of carbonyl (C=O) groups excluding carboxylic acids is 1. The van der Waals surface area contributed by atoms with Gasteiger partial charge >= 0.3 is 0 Å². The first-order valence-corrected chi connectivity index (χ1v) is 6.47. The van der Waals surface area contributed by atoms with Crippen LogP contribution in [0.5, 0.6) is 0 Å². The van der Waals surface area contributed by atoms with E-state index in [2.05, 4.69) is 0 Å². The summed E-state index contributed by atoms with van der Waals surface area (Å²) in [6, 6.07) is 3.91. The molecular weight excluding hydrogens is 306 g/mol. The topological polar surface area (TPSA) is 55.6 Å². The van der Waals surface area contributed by atoms with Gasteiger partial charge in [-0.1, -0.05) is 17.7 Å². The number of morpholine rings is 1. The highest BCUT2D eigenvalue weighted by molar-refractivity contribution is 6.30. The van der Waals surface area contributed by atoms with Crippen molar-refractivity contribution in [1.29, 1.82) is 0 Å². The zero-order chi connectivity index (χ0) is 14.0. The van der Waals surface area contributed by atoms with E-state index in [1.54, 1.807) is 17.9 Å². The van der Waals surface area contributed by atoms with Gasteiger partial charge < -0.3 is 15.4 Å². The molecule has 0 saturated carbocycles. The second-order valence-electron chi connectivity index (χ2n) is 4.61. The molecule has 2 atom stereocenters. The van der Waals surface area contributed by atoms with E-state index in [-0.39, 0.29) is 29.4 Å². The zero-order valence-electron chi connectivity index (χ0n) is 11.0. The number of benzene rings is 1. The van der Waals surface area contributed by atoms with Crippen LogP contribution in [0.15, 0.2) is 18.2 Å². The second-order valence-corrected chi connectivity index (χ2v) is 5.01. The number of nitrogens with zero attached hydrogens (tertiary/aromatic N) is 1. The molecule has 0 bridgehead atoms. The van der Waals surface area contributed by atoms with E-state index in [1.165, 1.54) is 12.1 Å². The van der Waals surface area contributed by atoms with Crippen LogP contribution in [-0.2, 0) is 9.53 Å². The van der Waals surface area contributed by atoms with Gasteiger partial charge in [0.15, 0.2) is 0 Å². The lowest BCUT2D eigenvalue weighted by atomic mass is 10.1. The van der Waals surface area contributed by atoms with Crippen LogP contribution in [0, 0.1) is 5.82 Å². The highest BCUT2D eigenvalue weighted by Crippen LogP contribution is 2.26. The molecule has 2 N–H and O–H groups in total. The Hall–Kier alpha value is -0.880. The third-order valence-electron chi connectivity index (χ3n) is 3.08. The van der Waals surface area contributed by atoms with E-state index in [0.29, 0.717) is 19.7 Å². The Morgan fingerprint density at radius 3 is 2.90 bits per heavy atom. The highest BCUT2D eigenvalue weighted by Gasteiger charge is 2.27. The normalized spacial score (nSPS) is 20.2. The molecule has 7 heteroatoms. The number of amides is 1. The van der Waals surface area contributed by atoms with Gasteiger partial charge in [-0.3, -0.25) is 4.79 Å². The first-order valence-electron chi connectivity index (χ1n) is 6.10. The molecule has 1 fully saturated rings. The molecule has 1 saturated heterocycles. The Morgan fingerprint density at radius 1 is 1.60 bits per heavy atom. The Labute approximate surface area is 128 Å². The molecule has 1 heterocycles. The molecule has 20 heavy (non-hydrogen) atoms. The molecule has 0 aromatic heterocycles. The predicted molar refractivity (Wildman–Crippen MR) is 77.6 cm³/mol. The van der Waals surface area contributed by atoms with Crippen molar-refractivity contribution >= 4 is 29.9 Å². The maximum absolute atomic E-state index is 13.1. The molecule has 4 nitrogen and oxygen atoms in total. The van der Waals surface area contributed by atoms with Crippen LogP contribution in [0.1, 0.15) is 18.6 Å². The van der Waals surface area contributed by atoms with Crippen LogP contribution in [0.4, 0.5) is 4.39 Å². The van der Waals surface area contributed by atoms with Gasteiger partial charge in [0.05, 0.1) is 24.2 Å². The average Bonchev–Trinajstić information content (AvgIpc) is 2.41. The van der Waals surface area contributed by atoms with Crippen molar-refractivity contribution in [1.82, 2.24) is 4.90 Å². The number of hydrogen-bond donors (Lipinski definition) is 1. The zero-order valence-corrected chi connectivity index (χ0v) is 12.6. The van der Waals surface area contributed by atoms with Crippen molar-refractivity contribution in [3.8, 4) is 0 Å². The van der Waals surface area contributed by atoms with E-state index < -0.39 is 11.9 Å². The van der Waals surface area contributed by atoms with Crippen LogP contribution >= 0.6 is 24.0 Å². The third kappa shape index (κ3) is 3.82. The molecule has 0 radical (unpaired) electrons. The monoisotopic (exact) mass is 322 g/mol. The van der Waals surface area contributed by atoms with Crippen molar-refractivity contribution in [2.75, 3.05) is 19.7 Å². The fourth-order valence-corrected chi connectivity index (χ4v) is 2.24. The van der Waals surface area contributed by atoms with Gasteiger partial charge in [-0.25, -0.2) is 4.39 Å². The molecule has 1 aliphatic heterocycles. The number of carbonyl (C=O) groups is 1. The Kier molecular flexibility index (Phi) is 6.20. The minimum atomic E-state index is -0.532. The molecule has 1 aliphatic rings. The molecular formula is C13H17Cl2FN2O2. The van der Waals surface area contributed by atoms with E-state index in [9.17, 15) is 9.18 Å². The smallest absolute Gasteiger partial charge is 0.239 e. The van der Waals surface area contributed by atoms with E-state index in [4.69, 9.17) is 22.1 Å². The van der Waals surface area contributed by atoms with Crippen molar-refractivity contribution < 1.29 is 13.9 Å². The van der Waals surface area contributed by atoms with Gasteiger partial charge in [0.1, 0.15) is 11.9 Å². The molecule has 1 unspecified atom stereocenters. The van der Waals surface area contributed by atoms with Crippen molar-refractivity contribution in [3.05, 3.63) is 34.6 Å². The number of hydrogen-bond acceptors (Lipinski definition) is 3. The van der Waals surface area contributed by atoms with Gasteiger partial charge in [0, 0.05) is 6.54 Å². The SMILES string of the molecule is C[C@@H](N)C(=O)N1CCOC(c2ccc(F)c(Cl)c2)C1.Cl. The number of ether oxygens (including phenoxy) is 1. The maximum atomic E-state index is 13.1. The third-order valence-corrected chi connectivity index (χ3v) is 3.37. The molecule has 1 aromatic rings. The summed E-state index contributed by atoms with van der Waals surface area (Å²) in [5.41, 5.74) is 6.35. The Balaban J connectivity index is 0.00000200. The molecule has 2 rings (SSSR count). The Bertz CT molecular complexity index is 485. The summed E-state index contributed by atoms with van der Waals surface area (Å²) in [5, 5.41) is 0.0525. The molecule has 0 aliphatic carbocycles. The lowest BCUT2D eigenvalue weighted by molar-refractivity contribution is -0.140. The quantitative estimate of drug-likeness (QED) is 0.907. The lowest BCUT2D eigenvalue weighted by Gasteiger charge is -2.34. The van der Waals surface area contributed by atoms with Crippen LogP contribution in [0.25, 0.3) is 0 Å². The first kappa shape index (κ1) is 17.2. The lowest BCUT2D eigenvalue weighted by Crippen LogP contribution is -2.48. The van der Waals surface area contributed by atoms with Crippen LogP contribution < -0.4 is 5.73 Å². The van der Waals surface area contributed by atoms with Crippen molar-refractivity contribution in [2.45, 2.75) is 19.1 Å². The second kappa shape index (κ2) is 7.22. The van der Waals surface area contributed by atoms with Crippen LogP contribution in [0.2, 0.25) is 5.02 Å². The number of rotatable bonds is 2. The first-order chi connectivity index (χ1) is 8.99. The summed E-state index contributed by atoms with van der Waals surface area (Å²) >= 11 is 5.75. The summed E-state index contributed by atoms with van der Waals surface area (Å²) in [4.78, 5) is 13.5. The van der Waals surface area contributed by atoms with Gasteiger partial charge in [0.25, 0.3) is 0 Å². The molecule has 112 valence electrons. The van der Waals surface area contributed by atoms with E-state index in [1.807, 2.05) is 0 Å². The summed E-state index contributed by atoms with van der Waals surface area (Å²) in [6.45, 7) is 3.01. The summed E-state index contributed by atoms with van der Waals surface area (Å²) in [5.74, 6) is -0.578. The molecule has 0 spiro atoms. The predicted octanol–water partition coefficient (Wildman–Crippen LogP) is 2.15. The standard InChI is InChI=1S/C13H16ClFN2O2.ClH/c1-8(16)13(18)17-4-5-19-12(7-17)9-2-3-11(15)10(14)6-9;/h2-3,6,8,12H,4-5,7,16H2,1H3;1H/t8-,12?;/m1./s1. The van der Waals surface area contributed by atoms with E-state index >= 15 is 0 Å². The molecule has 1 amide bonds. The van der Waals surface area contributed by atoms with Crippen LogP contribution in [-0.4, -0.2) is 36.5 Å². The largest absolute Gasteiger partial charge is 0.370 e. The summed E-state index contributed by atoms with van der Waals surface area (Å²) in [6.07, 6.45) is -0.297. The fraction of sp³-hybridized carbons (Fsp3) is 0.462. The van der Waals surface area contributed by atoms with Gasteiger partial charge in [-0.15, -0.1) is 12.4 Å².